The average molecular weight is 432 g/mol. The van der Waals surface area contributed by atoms with Crippen LogP contribution in [0.5, 0.6) is 11.5 Å². The highest BCUT2D eigenvalue weighted by molar-refractivity contribution is 5.85. The number of hydrogen-bond acceptors (Lipinski definition) is 5. The lowest BCUT2D eigenvalue weighted by Gasteiger charge is -2.22. The van der Waals surface area contributed by atoms with E-state index in [0.29, 0.717) is 6.54 Å². The highest BCUT2D eigenvalue weighted by Gasteiger charge is 2.20. The van der Waals surface area contributed by atoms with Crippen molar-refractivity contribution in [1.29, 1.82) is 0 Å². The summed E-state index contributed by atoms with van der Waals surface area (Å²) in [6, 6.07) is 13.7. The minimum Gasteiger partial charge on any atom is -0.497 e. The monoisotopic (exact) mass is 431 g/mol. The van der Waals surface area contributed by atoms with Crippen LogP contribution in [0.3, 0.4) is 0 Å². The lowest BCUT2D eigenvalue weighted by Crippen LogP contribution is -2.35. The number of aromatic nitrogens is 2. The molecule has 0 radical (unpaired) electrons. The van der Waals surface area contributed by atoms with Crippen molar-refractivity contribution < 1.29 is 14.6 Å². The van der Waals surface area contributed by atoms with Gasteiger partial charge in [0.1, 0.15) is 30.0 Å². The summed E-state index contributed by atoms with van der Waals surface area (Å²) in [5.74, 6) is 2.48. The number of nitrogens with zero attached hydrogens (tertiary/aromatic N) is 2. The molecule has 0 saturated carbocycles. The van der Waals surface area contributed by atoms with Crippen LogP contribution in [-0.4, -0.2) is 41.0 Å². The smallest absolute Gasteiger partial charge is 0.130 e. The number of halogens is 1. The number of methoxy groups -OCH3 is 1. The molecular weight excluding hydrogens is 402 g/mol. The van der Waals surface area contributed by atoms with Crippen LogP contribution in [0.25, 0.3) is 0 Å². The van der Waals surface area contributed by atoms with E-state index in [2.05, 4.69) is 10.3 Å². The van der Waals surface area contributed by atoms with E-state index in [9.17, 15) is 5.11 Å². The van der Waals surface area contributed by atoms with E-state index < -0.39 is 6.10 Å². The Morgan fingerprint density at radius 3 is 2.47 bits per heavy atom. The van der Waals surface area contributed by atoms with Crippen LogP contribution in [0, 0.1) is 13.8 Å². The maximum absolute atomic E-state index is 10.5. The first-order valence-electron chi connectivity index (χ1n) is 9.71. The zero-order valence-corrected chi connectivity index (χ0v) is 18.6. The minimum absolute atomic E-state index is 0. The normalized spacial score (nSPS) is 12.7. The molecule has 0 fully saturated rings. The second-order valence-electron chi connectivity index (χ2n) is 7.20. The fraction of sp³-hybridized carbons (Fsp3) is 0.348. The number of ether oxygens (including phenoxy) is 2. The number of aliphatic hydroxyl groups excluding tert-OH is 1. The SMILES string of the molecule is COc1cccc(C(NCC(O)COc2c(C)cccc2C)c2nccn2C)c1.Cl. The Morgan fingerprint density at radius 1 is 1.13 bits per heavy atom. The molecule has 6 nitrogen and oxygen atoms in total. The quantitative estimate of drug-likeness (QED) is 0.542. The van der Waals surface area contributed by atoms with E-state index in [0.717, 1.165) is 34.0 Å². The molecule has 30 heavy (non-hydrogen) atoms. The van der Waals surface area contributed by atoms with Crippen LogP contribution in [0.1, 0.15) is 28.6 Å². The third-order valence-corrected chi connectivity index (χ3v) is 4.93. The molecule has 2 aromatic carbocycles. The van der Waals surface area contributed by atoms with E-state index >= 15 is 0 Å². The number of rotatable bonds is 9. The van der Waals surface area contributed by atoms with Crippen molar-refractivity contribution >= 4 is 12.4 Å². The Morgan fingerprint density at radius 2 is 1.83 bits per heavy atom. The molecule has 3 rings (SSSR count). The lowest BCUT2D eigenvalue weighted by molar-refractivity contribution is 0.104. The van der Waals surface area contributed by atoms with E-state index in [1.54, 1.807) is 13.3 Å². The molecule has 0 aliphatic rings. The van der Waals surface area contributed by atoms with Crippen molar-refractivity contribution in [3.05, 3.63) is 77.4 Å². The Bertz CT molecular complexity index is 925. The van der Waals surface area contributed by atoms with E-state index in [4.69, 9.17) is 9.47 Å². The average Bonchev–Trinajstić information content (AvgIpc) is 3.13. The number of nitrogens with one attached hydrogen (secondary N) is 1. The van der Waals surface area contributed by atoms with Gasteiger partial charge >= 0.3 is 0 Å². The van der Waals surface area contributed by atoms with Crippen LogP contribution in [0.2, 0.25) is 0 Å². The molecule has 0 aliphatic heterocycles. The maximum atomic E-state index is 10.5. The van der Waals surface area contributed by atoms with Crippen LogP contribution >= 0.6 is 12.4 Å². The van der Waals surface area contributed by atoms with Crippen molar-refractivity contribution in [2.45, 2.75) is 26.0 Å². The summed E-state index contributed by atoms with van der Waals surface area (Å²) >= 11 is 0. The first kappa shape index (κ1) is 23.7. The largest absolute Gasteiger partial charge is 0.497 e. The number of aryl methyl sites for hydroxylation is 3. The molecule has 2 unspecified atom stereocenters. The molecule has 2 N–H and O–H groups in total. The summed E-state index contributed by atoms with van der Waals surface area (Å²) in [5, 5.41) is 13.9. The van der Waals surface area contributed by atoms with Gasteiger partial charge in [-0.25, -0.2) is 4.98 Å². The second-order valence-corrected chi connectivity index (χ2v) is 7.20. The Kier molecular flexibility index (Phi) is 8.72. The molecule has 162 valence electrons. The Balaban J connectivity index is 0.00000320. The van der Waals surface area contributed by atoms with Gasteiger partial charge in [0, 0.05) is 26.0 Å². The van der Waals surface area contributed by atoms with Crippen molar-refractivity contribution in [1.82, 2.24) is 14.9 Å². The van der Waals surface area contributed by atoms with Gasteiger partial charge in [-0.3, -0.25) is 0 Å². The van der Waals surface area contributed by atoms with Gasteiger partial charge < -0.3 is 24.5 Å². The molecule has 1 aromatic heterocycles. The molecule has 0 bridgehead atoms. The zero-order chi connectivity index (χ0) is 20.8. The molecule has 7 heteroatoms. The molecule has 0 spiro atoms. The van der Waals surface area contributed by atoms with Gasteiger partial charge in [0.15, 0.2) is 0 Å². The standard InChI is InChI=1S/C23H29N3O3.ClH/c1-16-7-5-8-17(2)22(16)29-15-19(27)14-25-21(23-24-11-12-26(23)3)18-9-6-10-20(13-18)28-4;/h5-13,19,21,25,27H,14-15H2,1-4H3;1H. The van der Waals surface area contributed by atoms with Crippen molar-refractivity contribution in [3.8, 4) is 11.5 Å². The van der Waals surface area contributed by atoms with E-state index in [1.165, 1.54) is 0 Å². The van der Waals surface area contributed by atoms with Crippen molar-refractivity contribution in [2.24, 2.45) is 7.05 Å². The molecule has 2 atom stereocenters. The Labute approximate surface area is 184 Å². The van der Waals surface area contributed by atoms with Crippen molar-refractivity contribution in [3.63, 3.8) is 0 Å². The zero-order valence-electron chi connectivity index (χ0n) is 17.8. The number of imidazole rings is 1. The van der Waals surface area contributed by atoms with Crippen LogP contribution < -0.4 is 14.8 Å². The number of hydrogen-bond donors (Lipinski definition) is 2. The van der Waals surface area contributed by atoms with Gasteiger partial charge in [-0.15, -0.1) is 12.4 Å². The van der Waals surface area contributed by atoms with Gasteiger partial charge in [0.25, 0.3) is 0 Å². The minimum atomic E-state index is -0.664. The van der Waals surface area contributed by atoms with Gasteiger partial charge in [0.05, 0.1) is 13.2 Å². The Hall–Kier alpha value is -2.54. The van der Waals surface area contributed by atoms with Gasteiger partial charge in [-0.1, -0.05) is 30.3 Å². The van der Waals surface area contributed by atoms with Crippen LogP contribution in [0.4, 0.5) is 0 Å². The molecule has 0 amide bonds. The fourth-order valence-electron chi connectivity index (χ4n) is 3.35. The highest BCUT2D eigenvalue weighted by atomic mass is 35.5. The second kappa shape index (κ2) is 11.0. The summed E-state index contributed by atoms with van der Waals surface area (Å²) in [6.07, 6.45) is 3.01. The topological polar surface area (TPSA) is 68.5 Å². The van der Waals surface area contributed by atoms with E-state index in [1.807, 2.05) is 74.1 Å². The maximum Gasteiger partial charge on any atom is 0.130 e. The summed E-state index contributed by atoms with van der Waals surface area (Å²) in [7, 11) is 3.61. The van der Waals surface area contributed by atoms with Gasteiger partial charge in [-0.05, 0) is 42.7 Å². The third kappa shape index (κ3) is 5.75. The van der Waals surface area contributed by atoms with Gasteiger partial charge in [-0.2, -0.15) is 0 Å². The third-order valence-electron chi connectivity index (χ3n) is 4.93. The number of benzene rings is 2. The van der Waals surface area contributed by atoms with Crippen LogP contribution in [0.15, 0.2) is 54.9 Å². The predicted molar refractivity (Wildman–Crippen MR) is 121 cm³/mol. The summed E-state index contributed by atoms with van der Waals surface area (Å²) in [4.78, 5) is 4.49. The number of para-hydroxylation sites is 1. The summed E-state index contributed by atoms with van der Waals surface area (Å²) in [6.45, 7) is 4.59. The molecule has 1 heterocycles. The summed E-state index contributed by atoms with van der Waals surface area (Å²) < 4.78 is 13.2. The number of aliphatic hydroxyl groups is 1. The van der Waals surface area contributed by atoms with Gasteiger partial charge in [0.2, 0.25) is 0 Å². The lowest BCUT2D eigenvalue weighted by atomic mass is 10.1. The molecule has 0 saturated heterocycles. The molecule has 0 aliphatic carbocycles. The first-order valence-corrected chi connectivity index (χ1v) is 9.71. The van der Waals surface area contributed by atoms with Crippen molar-refractivity contribution in [2.75, 3.05) is 20.3 Å². The first-order chi connectivity index (χ1) is 14.0. The highest BCUT2D eigenvalue weighted by Crippen LogP contribution is 2.25. The molecular formula is C23H30ClN3O3. The summed E-state index contributed by atoms with van der Waals surface area (Å²) in [5.41, 5.74) is 3.14. The van der Waals surface area contributed by atoms with Crippen LogP contribution in [-0.2, 0) is 7.05 Å². The fourth-order valence-corrected chi connectivity index (χ4v) is 3.35. The molecule has 3 aromatic rings. The predicted octanol–water partition coefficient (Wildman–Crippen LogP) is 3.59. The van der Waals surface area contributed by atoms with E-state index in [-0.39, 0.29) is 25.1 Å².